The molecular formula is C9H8N4O. The van der Waals surface area contributed by atoms with Crippen molar-refractivity contribution < 1.29 is 4.79 Å². The fourth-order valence-electron chi connectivity index (χ4n) is 1.16. The summed E-state index contributed by atoms with van der Waals surface area (Å²) in [5.74, 6) is 0. The molecule has 0 aliphatic heterocycles. The van der Waals surface area contributed by atoms with Crippen molar-refractivity contribution in [3.8, 4) is 5.69 Å². The highest BCUT2D eigenvalue weighted by atomic mass is 16.1. The zero-order chi connectivity index (χ0) is 9.80. The van der Waals surface area contributed by atoms with E-state index in [1.54, 1.807) is 17.2 Å². The van der Waals surface area contributed by atoms with Crippen LogP contribution in [-0.2, 0) is 4.79 Å². The van der Waals surface area contributed by atoms with Crippen LogP contribution in [-0.4, -0.2) is 21.2 Å². The summed E-state index contributed by atoms with van der Waals surface area (Å²) >= 11 is 0. The Labute approximate surface area is 80.4 Å². The Kier molecular flexibility index (Phi) is 2.22. The fraction of sp³-hybridized carbons (Fsp3) is 0. The van der Waals surface area contributed by atoms with Crippen LogP contribution in [0.5, 0.6) is 0 Å². The van der Waals surface area contributed by atoms with Gasteiger partial charge in [0.25, 0.3) is 0 Å². The number of benzene rings is 1. The van der Waals surface area contributed by atoms with E-state index in [1.807, 2.05) is 24.3 Å². The second kappa shape index (κ2) is 3.69. The van der Waals surface area contributed by atoms with Gasteiger partial charge in [0.05, 0.1) is 5.69 Å². The van der Waals surface area contributed by atoms with E-state index in [1.165, 1.54) is 0 Å². The lowest BCUT2D eigenvalue weighted by atomic mass is 10.3. The molecule has 2 aromatic rings. The number of rotatable bonds is 3. The molecule has 0 spiro atoms. The van der Waals surface area contributed by atoms with Crippen LogP contribution >= 0.6 is 0 Å². The van der Waals surface area contributed by atoms with E-state index >= 15 is 0 Å². The largest absolute Gasteiger partial charge is 0.329 e. The number of carbonyl (C=O) groups excluding carboxylic acids is 1. The second-order valence-corrected chi connectivity index (χ2v) is 2.68. The maximum atomic E-state index is 10.2. The molecule has 1 aromatic carbocycles. The van der Waals surface area contributed by atoms with Crippen molar-refractivity contribution in [2.75, 3.05) is 5.32 Å². The van der Waals surface area contributed by atoms with E-state index < -0.39 is 0 Å². The van der Waals surface area contributed by atoms with Crippen LogP contribution in [0.3, 0.4) is 0 Å². The van der Waals surface area contributed by atoms with Crippen molar-refractivity contribution in [1.29, 1.82) is 0 Å². The first-order valence-electron chi connectivity index (χ1n) is 4.05. The number of hydrogen-bond donors (Lipinski definition) is 1. The lowest BCUT2D eigenvalue weighted by Crippen LogP contribution is -1.96. The quantitative estimate of drug-likeness (QED) is 0.726. The van der Waals surface area contributed by atoms with E-state index in [-0.39, 0.29) is 0 Å². The molecular weight excluding hydrogens is 180 g/mol. The number of anilines is 1. The summed E-state index contributed by atoms with van der Waals surface area (Å²) in [5, 5.41) is 9.97. The molecule has 0 saturated carbocycles. The number of nitrogens with zero attached hydrogens (tertiary/aromatic N) is 3. The van der Waals surface area contributed by atoms with Crippen LogP contribution in [0.4, 0.5) is 5.69 Å². The van der Waals surface area contributed by atoms with Crippen LogP contribution in [0.15, 0.2) is 36.9 Å². The first-order chi connectivity index (χ1) is 6.90. The number of hydrogen-bond acceptors (Lipinski definition) is 3. The van der Waals surface area contributed by atoms with Crippen LogP contribution in [0.2, 0.25) is 0 Å². The molecule has 2 rings (SSSR count). The van der Waals surface area contributed by atoms with Gasteiger partial charge >= 0.3 is 0 Å². The maximum absolute atomic E-state index is 10.2. The Balaban J connectivity index is 2.35. The monoisotopic (exact) mass is 188 g/mol. The van der Waals surface area contributed by atoms with Crippen molar-refractivity contribution in [1.82, 2.24) is 14.8 Å². The molecule has 0 aliphatic rings. The highest BCUT2D eigenvalue weighted by molar-refractivity contribution is 5.72. The molecule has 0 unspecified atom stereocenters. The topological polar surface area (TPSA) is 59.8 Å². The minimum atomic E-state index is 0.644. The molecule has 70 valence electrons. The standard InChI is InChI=1S/C9H8N4O/c14-7-10-8-2-1-3-9(4-8)13-5-11-12-6-13/h1-7H,(H,10,14). The van der Waals surface area contributed by atoms with Gasteiger partial charge in [0, 0.05) is 5.69 Å². The Morgan fingerprint density at radius 3 is 2.79 bits per heavy atom. The third-order valence-corrected chi connectivity index (χ3v) is 1.79. The van der Waals surface area contributed by atoms with Crippen molar-refractivity contribution in [3.63, 3.8) is 0 Å². The van der Waals surface area contributed by atoms with Gasteiger partial charge in [0.2, 0.25) is 6.41 Å². The highest BCUT2D eigenvalue weighted by Crippen LogP contribution is 2.12. The Morgan fingerprint density at radius 2 is 2.07 bits per heavy atom. The van der Waals surface area contributed by atoms with Gasteiger partial charge in [0.1, 0.15) is 12.7 Å². The minimum absolute atomic E-state index is 0.644. The first kappa shape index (κ1) is 8.43. The summed E-state index contributed by atoms with van der Waals surface area (Å²) in [6, 6.07) is 7.39. The molecule has 5 heteroatoms. The smallest absolute Gasteiger partial charge is 0.211 e. The molecule has 0 atom stereocenters. The minimum Gasteiger partial charge on any atom is -0.329 e. The third kappa shape index (κ3) is 1.61. The molecule has 1 heterocycles. The second-order valence-electron chi connectivity index (χ2n) is 2.68. The Hall–Kier alpha value is -2.17. The number of amides is 1. The first-order valence-corrected chi connectivity index (χ1v) is 4.05. The van der Waals surface area contributed by atoms with E-state index in [2.05, 4.69) is 15.5 Å². The molecule has 0 saturated heterocycles. The van der Waals surface area contributed by atoms with Gasteiger partial charge < -0.3 is 5.32 Å². The summed E-state index contributed by atoms with van der Waals surface area (Å²) in [4.78, 5) is 10.2. The van der Waals surface area contributed by atoms with Crippen molar-refractivity contribution in [3.05, 3.63) is 36.9 Å². The van der Waals surface area contributed by atoms with Gasteiger partial charge in [-0.1, -0.05) is 6.07 Å². The normalized spacial score (nSPS) is 9.71. The molecule has 0 radical (unpaired) electrons. The average molecular weight is 188 g/mol. The summed E-state index contributed by atoms with van der Waals surface area (Å²) < 4.78 is 1.76. The molecule has 0 bridgehead atoms. The zero-order valence-corrected chi connectivity index (χ0v) is 7.29. The molecule has 1 N–H and O–H groups in total. The number of carbonyl (C=O) groups is 1. The van der Waals surface area contributed by atoms with Crippen LogP contribution < -0.4 is 5.32 Å². The van der Waals surface area contributed by atoms with E-state index in [0.717, 1.165) is 11.4 Å². The van der Waals surface area contributed by atoms with Gasteiger partial charge in [-0.3, -0.25) is 9.36 Å². The highest BCUT2D eigenvalue weighted by Gasteiger charge is 1.96. The van der Waals surface area contributed by atoms with Crippen LogP contribution in [0.1, 0.15) is 0 Å². The predicted molar refractivity (Wildman–Crippen MR) is 51.0 cm³/mol. The molecule has 1 amide bonds. The SMILES string of the molecule is O=CNc1cccc(-n2cnnc2)c1. The third-order valence-electron chi connectivity index (χ3n) is 1.79. The Bertz CT molecular complexity index is 424. The molecule has 5 nitrogen and oxygen atoms in total. The fourth-order valence-corrected chi connectivity index (χ4v) is 1.16. The lowest BCUT2D eigenvalue weighted by Gasteiger charge is -2.03. The maximum Gasteiger partial charge on any atom is 0.211 e. The van der Waals surface area contributed by atoms with Crippen LogP contribution in [0, 0.1) is 0 Å². The number of aromatic nitrogens is 3. The summed E-state index contributed by atoms with van der Waals surface area (Å²) in [6.45, 7) is 0. The van der Waals surface area contributed by atoms with Crippen molar-refractivity contribution >= 4 is 12.1 Å². The molecule has 0 fully saturated rings. The molecule has 0 aliphatic carbocycles. The van der Waals surface area contributed by atoms with Crippen LogP contribution in [0.25, 0.3) is 5.69 Å². The lowest BCUT2D eigenvalue weighted by molar-refractivity contribution is -0.105. The van der Waals surface area contributed by atoms with E-state index in [9.17, 15) is 4.79 Å². The summed E-state index contributed by atoms with van der Waals surface area (Å²) in [5.41, 5.74) is 1.65. The summed E-state index contributed by atoms with van der Waals surface area (Å²) in [7, 11) is 0. The van der Waals surface area contributed by atoms with Gasteiger partial charge in [-0.2, -0.15) is 0 Å². The average Bonchev–Trinajstić information content (AvgIpc) is 2.71. The van der Waals surface area contributed by atoms with E-state index in [4.69, 9.17) is 0 Å². The predicted octanol–water partition coefficient (Wildman–Crippen LogP) is 0.836. The van der Waals surface area contributed by atoms with Gasteiger partial charge in [0.15, 0.2) is 0 Å². The number of nitrogens with one attached hydrogen (secondary N) is 1. The van der Waals surface area contributed by atoms with Crippen molar-refractivity contribution in [2.45, 2.75) is 0 Å². The Morgan fingerprint density at radius 1 is 1.29 bits per heavy atom. The molecule has 1 aromatic heterocycles. The summed E-state index contributed by atoms with van der Waals surface area (Å²) in [6.07, 6.45) is 3.84. The van der Waals surface area contributed by atoms with Crippen molar-refractivity contribution in [2.24, 2.45) is 0 Å². The molecule has 14 heavy (non-hydrogen) atoms. The zero-order valence-electron chi connectivity index (χ0n) is 7.29. The van der Waals surface area contributed by atoms with Gasteiger partial charge in [-0.05, 0) is 18.2 Å². The van der Waals surface area contributed by atoms with E-state index in [0.29, 0.717) is 6.41 Å². The van der Waals surface area contributed by atoms with Gasteiger partial charge in [-0.25, -0.2) is 0 Å². The van der Waals surface area contributed by atoms with Gasteiger partial charge in [-0.15, -0.1) is 10.2 Å².